The monoisotopic (exact) mass is 353 g/mol. The lowest BCUT2D eigenvalue weighted by Gasteiger charge is -2.27. The van der Waals surface area contributed by atoms with Crippen molar-refractivity contribution in [1.29, 1.82) is 0 Å². The molecule has 10 heteroatoms. The van der Waals surface area contributed by atoms with Gasteiger partial charge in [-0.05, 0) is 27.7 Å². The van der Waals surface area contributed by atoms with Gasteiger partial charge in [0.25, 0.3) is 5.56 Å². The minimum absolute atomic E-state index is 0.0671. The molecule has 1 aliphatic heterocycles. The van der Waals surface area contributed by atoms with E-state index < -0.39 is 35.2 Å². The topological polar surface area (TPSA) is 149 Å². The number of nitrogens with zero attached hydrogens (tertiary/aromatic N) is 3. The number of aromatic amines is 1. The summed E-state index contributed by atoms with van der Waals surface area (Å²) >= 11 is 0. The smallest absolute Gasteiger partial charge is 0.280 e. The molecule has 3 heterocycles. The molecular formula is C15H23N5O5. The van der Waals surface area contributed by atoms with Gasteiger partial charge in [0.2, 0.25) is 5.95 Å². The van der Waals surface area contributed by atoms with Crippen LogP contribution in [-0.4, -0.2) is 59.7 Å². The van der Waals surface area contributed by atoms with Gasteiger partial charge in [-0.25, -0.2) is 4.98 Å². The van der Waals surface area contributed by atoms with Crippen LogP contribution in [0.4, 0.5) is 5.95 Å². The Hall–Kier alpha value is -2.01. The summed E-state index contributed by atoms with van der Waals surface area (Å²) in [5.41, 5.74) is 3.27. The zero-order valence-electron chi connectivity index (χ0n) is 14.6. The number of aromatic nitrogens is 4. The van der Waals surface area contributed by atoms with Gasteiger partial charge >= 0.3 is 0 Å². The van der Waals surface area contributed by atoms with Gasteiger partial charge in [-0.15, -0.1) is 0 Å². The largest absolute Gasteiger partial charge is 0.387 e. The molecule has 0 radical (unpaired) electrons. The van der Waals surface area contributed by atoms with Crippen molar-refractivity contribution in [2.75, 3.05) is 12.3 Å². The molecule has 25 heavy (non-hydrogen) atoms. The number of nitrogens with two attached hydrogens (primary N) is 1. The zero-order chi connectivity index (χ0) is 18.6. The van der Waals surface area contributed by atoms with E-state index in [0.29, 0.717) is 0 Å². The third-order valence-electron chi connectivity index (χ3n) is 4.14. The number of nitrogen functional groups attached to an aromatic ring is 1. The maximum absolute atomic E-state index is 11.9. The van der Waals surface area contributed by atoms with E-state index in [4.69, 9.17) is 15.2 Å². The summed E-state index contributed by atoms with van der Waals surface area (Å²) in [4.78, 5) is 22.3. The van der Waals surface area contributed by atoms with Crippen LogP contribution in [0.1, 0.15) is 33.9 Å². The highest BCUT2D eigenvalue weighted by Gasteiger charge is 2.53. The minimum Gasteiger partial charge on any atom is -0.387 e. The molecule has 5 N–H and O–H groups in total. The second kappa shape index (κ2) is 5.77. The van der Waals surface area contributed by atoms with Crippen molar-refractivity contribution in [1.82, 2.24) is 19.5 Å². The summed E-state index contributed by atoms with van der Waals surface area (Å²) in [6.07, 6.45) is -1.63. The molecule has 0 spiro atoms. The van der Waals surface area contributed by atoms with E-state index in [9.17, 15) is 15.0 Å². The summed E-state index contributed by atoms with van der Waals surface area (Å²) in [5.74, 6) is -0.0787. The van der Waals surface area contributed by atoms with Gasteiger partial charge < -0.3 is 25.4 Å². The van der Waals surface area contributed by atoms with Crippen molar-refractivity contribution in [3.8, 4) is 0 Å². The SMILES string of the molecule is CC(C)(C)OC[C@H]1O[C@@H](n2cnc3c(=O)[nH]c(N)nc32)[C@](C)(O)[C@@H]1O. The number of nitrogens with one attached hydrogen (secondary N) is 1. The lowest BCUT2D eigenvalue weighted by Crippen LogP contribution is -2.45. The molecule has 138 valence electrons. The number of hydrogen-bond acceptors (Lipinski definition) is 8. The van der Waals surface area contributed by atoms with E-state index in [1.54, 1.807) is 0 Å². The second-order valence-electron chi connectivity index (χ2n) is 7.40. The Bertz CT molecular complexity index is 837. The summed E-state index contributed by atoms with van der Waals surface area (Å²) in [7, 11) is 0. The van der Waals surface area contributed by atoms with Crippen LogP contribution in [0.25, 0.3) is 11.2 Å². The first-order valence-corrected chi connectivity index (χ1v) is 7.93. The maximum atomic E-state index is 11.9. The fourth-order valence-corrected chi connectivity index (χ4v) is 2.82. The predicted molar refractivity (Wildman–Crippen MR) is 88.8 cm³/mol. The van der Waals surface area contributed by atoms with Crippen molar-refractivity contribution in [3.05, 3.63) is 16.7 Å². The van der Waals surface area contributed by atoms with Gasteiger partial charge in [0.15, 0.2) is 17.4 Å². The van der Waals surface area contributed by atoms with Crippen molar-refractivity contribution >= 4 is 17.1 Å². The van der Waals surface area contributed by atoms with E-state index in [0.717, 1.165) is 0 Å². The number of imidazole rings is 1. The quantitative estimate of drug-likeness (QED) is 0.578. The molecule has 1 saturated heterocycles. The Labute approximate surface area is 143 Å². The van der Waals surface area contributed by atoms with E-state index >= 15 is 0 Å². The van der Waals surface area contributed by atoms with Crippen molar-refractivity contribution in [3.63, 3.8) is 0 Å². The third kappa shape index (κ3) is 3.13. The Morgan fingerprint density at radius 3 is 2.84 bits per heavy atom. The van der Waals surface area contributed by atoms with Crippen LogP contribution < -0.4 is 11.3 Å². The molecule has 2 aromatic heterocycles. The number of hydrogen-bond donors (Lipinski definition) is 4. The van der Waals surface area contributed by atoms with Crippen LogP contribution in [-0.2, 0) is 9.47 Å². The van der Waals surface area contributed by atoms with Crippen LogP contribution in [0.3, 0.4) is 0 Å². The highest BCUT2D eigenvalue weighted by atomic mass is 16.6. The van der Waals surface area contributed by atoms with Gasteiger partial charge in [-0.1, -0.05) is 0 Å². The summed E-state index contributed by atoms with van der Waals surface area (Å²) in [6.45, 7) is 7.19. The predicted octanol–water partition coefficient (Wildman–Crippen LogP) is -0.474. The van der Waals surface area contributed by atoms with Crippen LogP contribution in [0.5, 0.6) is 0 Å². The van der Waals surface area contributed by atoms with E-state index in [1.165, 1.54) is 17.8 Å². The van der Waals surface area contributed by atoms with Gasteiger partial charge in [-0.2, -0.15) is 4.98 Å². The highest BCUT2D eigenvalue weighted by Crippen LogP contribution is 2.39. The average Bonchev–Trinajstić information content (AvgIpc) is 2.97. The molecule has 10 nitrogen and oxygen atoms in total. The first-order valence-electron chi connectivity index (χ1n) is 7.93. The fourth-order valence-electron chi connectivity index (χ4n) is 2.82. The number of fused-ring (bicyclic) bond motifs is 1. The molecule has 1 aliphatic rings. The number of rotatable bonds is 3. The normalized spacial score (nSPS) is 30.2. The second-order valence-corrected chi connectivity index (χ2v) is 7.40. The molecule has 0 amide bonds. The average molecular weight is 353 g/mol. The van der Waals surface area contributed by atoms with Crippen molar-refractivity contribution in [2.45, 2.75) is 57.3 Å². The Balaban J connectivity index is 1.96. The molecule has 0 aliphatic carbocycles. The van der Waals surface area contributed by atoms with Crippen molar-refractivity contribution < 1.29 is 19.7 Å². The zero-order valence-corrected chi connectivity index (χ0v) is 14.6. The van der Waals surface area contributed by atoms with E-state index in [-0.39, 0.29) is 23.7 Å². The van der Waals surface area contributed by atoms with Crippen LogP contribution >= 0.6 is 0 Å². The molecule has 1 fully saturated rings. The van der Waals surface area contributed by atoms with Gasteiger partial charge in [0, 0.05) is 0 Å². The molecule has 2 aromatic rings. The molecule has 4 atom stereocenters. The number of H-pyrrole nitrogens is 1. The standard InChI is InChI=1S/C15H23N5O5/c1-14(2,3)24-5-7-9(21)15(4,23)12(25-7)20-6-17-8-10(20)18-13(16)19-11(8)22/h6-7,9,12,21,23H,5H2,1-4H3,(H3,16,18,19,22)/t7-,9-,12-,15-/m1/s1. The Kier molecular flexibility index (Phi) is 4.11. The van der Waals surface area contributed by atoms with Crippen LogP contribution in [0, 0.1) is 0 Å². The number of ether oxygens (including phenoxy) is 2. The highest BCUT2D eigenvalue weighted by molar-refractivity contribution is 5.70. The first-order chi connectivity index (χ1) is 11.5. The molecular weight excluding hydrogens is 330 g/mol. The lowest BCUT2D eigenvalue weighted by molar-refractivity contribution is -0.106. The number of aliphatic hydroxyl groups is 2. The molecule has 3 rings (SSSR count). The summed E-state index contributed by atoms with van der Waals surface area (Å²) in [6, 6.07) is 0. The Morgan fingerprint density at radius 2 is 2.20 bits per heavy atom. The van der Waals surface area contributed by atoms with Crippen LogP contribution in [0.15, 0.2) is 11.1 Å². The molecule has 0 saturated carbocycles. The minimum atomic E-state index is -1.64. The summed E-state index contributed by atoms with van der Waals surface area (Å²) in [5, 5.41) is 21.2. The van der Waals surface area contributed by atoms with Gasteiger partial charge in [-0.3, -0.25) is 14.3 Å². The van der Waals surface area contributed by atoms with Crippen LogP contribution in [0.2, 0.25) is 0 Å². The molecule has 0 bridgehead atoms. The fraction of sp³-hybridized carbons (Fsp3) is 0.667. The van der Waals surface area contributed by atoms with Crippen molar-refractivity contribution in [2.24, 2.45) is 0 Å². The Morgan fingerprint density at radius 1 is 1.52 bits per heavy atom. The first kappa shape index (κ1) is 17.8. The number of aliphatic hydroxyl groups excluding tert-OH is 1. The van der Waals surface area contributed by atoms with E-state index in [2.05, 4.69) is 15.0 Å². The molecule has 0 aromatic carbocycles. The van der Waals surface area contributed by atoms with Gasteiger partial charge in [0.1, 0.15) is 17.8 Å². The summed E-state index contributed by atoms with van der Waals surface area (Å²) < 4.78 is 12.9. The number of anilines is 1. The lowest BCUT2D eigenvalue weighted by atomic mass is 9.96. The third-order valence-corrected chi connectivity index (χ3v) is 4.14. The maximum Gasteiger partial charge on any atom is 0.280 e. The van der Waals surface area contributed by atoms with Gasteiger partial charge in [0.05, 0.1) is 18.5 Å². The molecule has 0 unspecified atom stereocenters. The van der Waals surface area contributed by atoms with E-state index in [1.807, 2.05) is 20.8 Å².